The molecule has 1 heterocycles. The van der Waals surface area contributed by atoms with Gasteiger partial charge in [0, 0.05) is 18.6 Å². The minimum atomic E-state index is 0.410. The Bertz CT molecular complexity index is 226. The SMILES string of the molecule is CC(C)(C)CNC1CCCC1C1CCCCN1. The molecule has 3 unspecified atom stereocenters. The summed E-state index contributed by atoms with van der Waals surface area (Å²) in [5.41, 5.74) is 0.410. The van der Waals surface area contributed by atoms with Gasteiger partial charge in [0.15, 0.2) is 0 Å². The monoisotopic (exact) mass is 238 g/mol. The van der Waals surface area contributed by atoms with Crippen molar-refractivity contribution in [3.63, 3.8) is 0 Å². The molecular formula is C15H30N2. The van der Waals surface area contributed by atoms with Crippen molar-refractivity contribution in [1.29, 1.82) is 0 Å². The lowest BCUT2D eigenvalue weighted by atomic mass is 9.87. The molecule has 2 aliphatic rings. The van der Waals surface area contributed by atoms with Gasteiger partial charge in [0.05, 0.1) is 0 Å². The lowest BCUT2D eigenvalue weighted by Crippen LogP contribution is -2.48. The van der Waals surface area contributed by atoms with Gasteiger partial charge in [-0.25, -0.2) is 0 Å². The Hall–Kier alpha value is -0.0800. The van der Waals surface area contributed by atoms with Crippen LogP contribution < -0.4 is 10.6 Å². The zero-order valence-electron chi connectivity index (χ0n) is 11.9. The molecule has 0 aromatic heterocycles. The average Bonchev–Trinajstić information content (AvgIpc) is 2.75. The molecule has 1 aliphatic carbocycles. The van der Waals surface area contributed by atoms with E-state index in [1.165, 1.54) is 45.1 Å². The molecule has 0 aromatic rings. The van der Waals surface area contributed by atoms with E-state index in [0.717, 1.165) is 24.5 Å². The molecule has 2 heteroatoms. The average molecular weight is 238 g/mol. The van der Waals surface area contributed by atoms with Crippen molar-refractivity contribution in [1.82, 2.24) is 10.6 Å². The minimum absolute atomic E-state index is 0.410. The largest absolute Gasteiger partial charge is 0.314 e. The maximum absolute atomic E-state index is 3.83. The second-order valence-electron chi connectivity index (χ2n) is 7.20. The van der Waals surface area contributed by atoms with Gasteiger partial charge in [-0.3, -0.25) is 0 Å². The van der Waals surface area contributed by atoms with Gasteiger partial charge in [-0.1, -0.05) is 33.6 Å². The molecule has 0 aromatic carbocycles. The molecule has 2 fully saturated rings. The topological polar surface area (TPSA) is 24.1 Å². The van der Waals surface area contributed by atoms with E-state index in [9.17, 15) is 0 Å². The van der Waals surface area contributed by atoms with Crippen molar-refractivity contribution < 1.29 is 0 Å². The summed E-state index contributed by atoms with van der Waals surface area (Å²) in [6.07, 6.45) is 8.45. The summed E-state index contributed by atoms with van der Waals surface area (Å²) < 4.78 is 0. The van der Waals surface area contributed by atoms with E-state index in [4.69, 9.17) is 0 Å². The minimum Gasteiger partial charge on any atom is -0.314 e. The Balaban J connectivity index is 1.83. The lowest BCUT2D eigenvalue weighted by molar-refractivity contribution is 0.241. The Morgan fingerprint density at radius 2 is 1.88 bits per heavy atom. The van der Waals surface area contributed by atoms with Crippen LogP contribution in [0.4, 0.5) is 0 Å². The van der Waals surface area contributed by atoms with Crippen molar-refractivity contribution >= 4 is 0 Å². The Kier molecular flexibility index (Phi) is 4.48. The normalized spacial score (nSPS) is 35.1. The van der Waals surface area contributed by atoms with E-state index in [2.05, 4.69) is 31.4 Å². The summed E-state index contributed by atoms with van der Waals surface area (Å²) in [5, 5.41) is 7.58. The molecule has 0 amide bonds. The molecule has 0 spiro atoms. The fourth-order valence-corrected chi connectivity index (χ4v) is 3.41. The molecule has 100 valence electrons. The van der Waals surface area contributed by atoms with Crippen molar-refractivity contribution in [3.05, 3.63) is 0 Å². The Morgan fingerprint density at radius 1 is 1.06 bits per heavy atom. The number of hydrogen-bond acceptors (Lipinski definition) is 2. The molecule has 2 N–H and O–H groups in total. The van der Waals surface area contributed by atoms with Crippen LogP contribution in [0.3, 0.4) is 0 Å². The first kappa shape index (κ1) is 13.4. The highest BCUT2D eigenvalue weighted by molar-refractivity contribution is 4.92. The summed E-state index contributed by atoms with van der Waals surface area (Å²) >= 11 is 0. The maximum atomic E-state index is 3.83. The predicted octanol–water partition coefficient (Wildman–Crippen LogP) is 2.93. The predicted molar refractivity (Wildman–Crippen MR) is 74.2 cm³/mol. The van der Waals surface area contributed by atoms with Crippen LogP contribution in [0, 0.1) is 11.3 Å². The van der Waals surface area contributed by atoms with Crippen LogP contribution >= 0.6 is 0 Å². The van der Waals surface area contributed by atoms with Crippen LogP contribution in [0.15, 0.2) is 0 Å². The molecule has 3 atom stereocenters. The van der Waals surface area contributed by atoms with Gasteiger partial charge >= 0.3 is 0 Å². The fraction of sp³-hybridized carbons (Fsp3) is 1.00. The van der Waals surface area contributed by atoms with Crippen LogP contribution in [0.2, 0.25) is 0 Å². The highest BCUT2D eigenvalue weighted by Gasteiger charge is 2.34. The van der Waals surface area contributed by atoms with E-state index < -0.39 is 0 Å². The second-order valence-corrected chi connectivity index (χ2v) is 7.20. The second kappa shape index (κ2) is 5.71. The van der Waals surface area contributed by atoms with Crippen LogP contribution in [-0.4, -0.2) is 25.2 Å². The Morgan fingerprint density at radius 3 is 2.53 bits per heavy atom. The maximum Gasteiger partial charge on any atom is 0.0110 e. The first-order valence-corrected chi connectivity index (χ1v) is 7.53. The number of hydrogen-bond donors (Lipinski definition) is 2. The van der Waals surface area contributed by atoms with E-state index >= 15 is 0 Å². The van der Waals surface area contributed by atoms with E-state index in [1.54, 1.807) is 0 Å². The first-order chi connectivity index (χ1) is 8.06. The Labute approximate surface area is 107 Å². The molecular weight excluding hydrogens is 208 g/mol. The molecule has 1 saturated heterocycles. The van der Waals surface area contributed by atoms with Crippen LogP contribution in [0.5, 0.6) is 0 Å². The standard InChI is InChI=1S/C15H30N2/c1-15(2,3)11-17-14-9-6-7-12(14)13-8-4-5-10-16-13/h12-14,16-17H,4-11H2,1-3H3. The van der Waals surface area contributed by atoms with Crippen molar-refractivity contribution in [2.75, 3.05) is 13.1 Å². The van der Waals surface area contributed by atoms with E-state index in [-0.39, 0.29) is 0 Å². The zero-order valence-corrected chi connectivity index (χ0v) is 11.9. The van der Waals surface area contributed by atoms with Gasteiger partial charge in [0.2, 0.25) is 0 Å². The molecule has 1 aliphatic heterocycles. The smallest absolute Gasteiger partial charge is 0.0110 e. The molecule has 2 rings (SSSR count). The fourth-order valence-electron chi connectivity index (χ4n) is 3.41. The van der Waals surface area contributed by atoms with E-state index in [1.807, 2.05) is 0 Å². The van der Waals surface area contributed by atoms with Gasteiger partial charge in [-0.2, -0.15) is 0 Å². The van der Waals surface area contributed by atoms with Crippen molar-refractivity contribution in [2.24, 2.45) is 11.3 Å². The molecule has 2 nitrogen and oxygen atoms in total. The third-order valence-electron chi connectivity index (χ3n) is 4.33. The quantitative estimate of drug-likeness (QED) is 0.790. The van der Waals surface area contributed by atoms with Crippen LogP contribution in [-0.2, 0) is 0 Å². The number of nitrogens with one attached hydrogen (secondary N) is 2. The summed E-state index contributed by atoms with van der Waals surface area (Å²) in [4.78, 5) is 0. The van der Waals surface area contributed by atoms with Gasteiger partial charge in [0.25, 0.3) is 0 Å². The molecule has 1 saturated carbocycles. The van der Waals surface area contributed by atoms with Crippen molar-refractivity contribution in [2.45, 2.75) is 71.4 Å². The van der Waals surface area contributed by atoms with Gasteiger partial charge < -0.3 is 10.6 Å². The summed E-state index contributed by atoms with van der Waals surface area (Å²) in [6, 6.07) is 1.56. The lowest BCUT2D eigenvalue weighted by Gasteiger charge is -2.34. The summed E-state index contributed by atoms with van der Waals surface area (Å²) in [7, 11) is 0. The summed E-state index contributed by atoms with van der Waals surface area (Å²) in [5.74, 6) is 0.887. The highest BCUT2D eigenvalue weighted by Crippen LogP contribution is 2.32. The summed E-state index contributed by atoms with van der Waals surface area (Å²) in [6.45, 7) is 9.36. The molecule has 17 heavy (non-hydrogen) atoms. The van der Waals surface area contributed by atoms with Crippen molar-refractivity contribution in [3.8, 4) is 0 Å². The third kappa shape index (κ3) is 3.96. The van der Waals surface area contributed by atoms with Gasteiger partial charge in [0.1, 0.15) is 0 Å². The number of piperidine rings is 1. The van der Waals surface area contributed by atoms with E-state index in [0.29, 0.717) is 5.41 Å². The molecule has 0 radical (unpaired) electrons. The third-order valence-corrected chi connectivity index (χ3v) is 4.33. The zero-order chi connectivity index (χ0) is 12.3. The van der Waals surface area contributed by atoms with Crippen LogP contribution in [0.1, 0.15) is 59.3 Å². The number of rotatable bonds is 3. The first-order valence-electron chi connectivity index (χ1n) is 7.53. The molecule has 0 bridgehead atoms. The van der Waals surface area contributed by atoms with Crippen LogP contribution in [0.25, 0.3) is 0 Å². The van der Waals surface area contributed by atoms with Gasteiger partial charge in [-0.15, -0.1) is 0 Å². The van der Waals surface area contributed by atoms with Gasteiger partial charge in [-0.05, 0) is 43.6 Å². The highest BCUT2D eigenvalue weighted by atomic mass is 15.0.